The van der Waals surface area contributed by atoms with Crippen LogP contribution in [0, 0.1) is 13.8 Å². The predicted molar refractivity (Wildman–Crippen MR) is 73.6 cm³/mol. The molecule has 0 aliphatic carbocycles. The second kappa shape index (κ2) is 5.59. The number of aryl methyl sites for hydroxylation is 2. The molecule has 1 aromatic carbocycles. The lowest BCUT2D eigenvalue weighted by Crippen LogP contribution is -2.49. The predicted octanol–water partition coefficient (Wildman–Crippen LogP) is 1.00. The number of methoxy groups -OCH3 is 1. The van der Waals surface area contributed by atoms with Gasteiger partial charge in [-0.3, -0.25) is 4.79 Å². The number of anilines is 1. The molecule has 1 atom stereocenters. The van der Waals surface area contributed by atoms with Crippen LogP contribution < -0.4 is 15.4 Å². The van der Waals surface area contributed by atoms with Crippen LogP contribution in [0.1, 0.15) is 11.1 Å². The van der Waals surface area contributed by atoms with Crippen LogP contribution >= 0.6 is 0 Å². The first-order valence-corrected chi connectivity index (χ1v) is 6.34. The van der Waals surface area contributed by atoms with Crippen molar-refractivity contribution in [3.05, 3.63) is 23.3 Å². The Morgan fingerprint density at radius 2 is 2.11 bits per heavy atom. The number of morpholine rings is 1. The first-order chi connectivity index (χ1) is 9.06. The summed E-state index contributed by atoms with van der Waals surface area (Å²) in [4.78, 5) is 13.7. The van der Waals surface area contributed by atoms with Gasteiger partial charge in [-0.05, 0) is 37.1 Å². The maximum atomic E-state index is 12.0. The Hall–Kier alpha value is -1.59. The molecule has 1 aromatic rings. The third-order valence-corrected chi connectivity index (χ3v) is 3.48. The summed E-state index contributed by atoms with van der Waals surface area (Å²) in [6.07, 6.45) is -0.121. The number of carbonyl (C=O) groups is 1. The lowest BCUT2D eigenvalue weighted by atomic mass is 10.1. The van der Waals surface area contributed by atoms with E-state index in [1.165, 1.54) is 0 Å². The van der Waals surface area contributed by atoms with E-state index in [4.69, 9.17) is 15.2 Å². The molecule has 1 unspecified atom stereocenters. The van der Waals surface area contributed by atoms with Crippen LogP contribution in [0.2, 0.25) is 0 Å². The van der Waals surface area contributed by atoms with Gasteiger partial charge in [0.1, 0.15) is 12.4 Å². The molecule has 2 rings (SSSR count). The second-order valence-corrected chi connectivity index (χ2v) is 4.78. The first kappa shape index (κ1) is 13.8. The van der Waals surface area contributed by atoms with Crippen molar-refractivity contribution in [3.8, 4) is 5.75 Å². The summed E-state index contributed by atoms with van der Waals surface area (Å²) >= 11 is 0. The molecule has 1 heterocycles. The van der Waals surface area contributed by atoms with Gasteiger partial charge in [0.25, 0.3) is 5.91 Å². The van der Waals surface area contributed by atoms with E-state index in [2.05, 4.69) is 0 Å². The fourth-order valence-electron chi connectivity index (χ4n) is 2.15. The molecule has 1 aliphatic heterocycles. The number of hydrogen-bond acceptors (Lipinski definition) is 4. The summed E-state index contributed by atoms with van der Waals surface area (Å²) in [6, 6.07) is 3.93. The van der Waals surface area contributed by atoms with Crippen LogP contribution in [0.25, 0.3) is 0 Å². The molecular weight excluding hydrogens is 244 g/mol. The number of rotatable bonds is 3. The molecule has 1 amide bonds. The molecule has 0 spiro atoms. The Kier molecular flexibility index (Phi) is 4.07. The van der Waals surface area contributed by atoms with Crippen molar-refractivity contribution >= 4 is 11.6 Å². The average molecular weight is 264 g/mol. The van der Waals surface area contributed by atoms with Crippen LogP contribution in [0.3, 0.4) is 0 Å². The summed E-state index contributed by atoms with van der Waals surface area (Å²) in [5.74, 6) is 0.639. The van der Waals surface area contributed by atoms with Gasteiger partial charge in [-0.1, -0.05) is 0 Å². The molecule has 2 N–H and O–H groups in total. The highest BCUT2D eigenvalue weighted by molar-refractivity contribution is 5.96. The van der Waals surface area contributed by atoms with E-state index in [0.717, 1.165) is 16.8 Å². The topological polar surface area (TPSA) is 64.8 Å². The molecule has 0 aromatic heterocycles. The minimum Gasteiger partial charge on any atom is -0.495 e. The molecule has 0 bridgehead atoms. The van der Waals surface area contributed by atoms with Gasteiger partial charge >= 0.3 is 0 Å². The maximum Gasteiger partial charge on any atom is 0.253 e. The van der Waals surface area contributed by atoms with Crippen LogP contribution in [-0.4, -0.2) is 38.8 Å². The second-order valence-electron chi connectivity index (χ2n) is 4.78. The van der Waals surface area contributed by atoms with Gasteiger partial charge in [-0.25, -0.2) is 0 Å². The SMILES string of the molecule is COc1cc(C)c(C)cc1N1CC(CN)OCC1=O. The molecule has 0 saturated carbocycles. The zero-order valence-corrected chi connectivity index (χ0v) is 11.6. The largest absolute Gasteiger partial charge is 0.495 e. The number of nitrogens with two attached hydrogens (primary N) is 1. The van der Waals surface area contributed by atoms with Gasteiger partial charge in [0.05, 0.1) is 25.4 Å². The maximum absolute atomic E-state index is 12.0. The van der Waals surface area contributed by atoms with Crippen LogP contribution in [0.5, 0.6) is 5.75 Å². The Bertz CT molecular complexity index is 488. The summed E-state index contributed by atoms with van der Waals surface area (Å²) < 4.78 is 10.7. The van der Waals surface area contributed by atoms with Crippen LogP contribution in [0.4, 0.5) is 5.69 Å². The summed E-state index contributed by atoms with van der Waals surface area (Å²) in [6.45, 7) is 4.97. The normalized spacial score (nSPS) is 19.7. The van der Waals surface area contributed by atoms with E-state index in [9.17, 15) is 4.79 Å². The van der Waals surface area contributed by atoms with Crippen molar-refractivity contribution < 1.29 is 14.3 Å². The number of ether oxygens (including phenoxy) is 2. The van der Waals surface area contributed by atoms with Crippen LogP contribution in [-0.2, 0) is 9.53 Å². The quantitative estimate of drug-likeness (QED) is 0.884. The minimum atomic E-state index is -0.121. The van der Waals surface area contributed by atoms with E-state index in [0.29, 0.717) is 18.8 Å². The zero-order chi connectivity index (χ0) is 14.0. The molecule has 0 radical (unpaired) electrons. The lowest BCUT2D eigenvalue weighted by Gasteiger charge is -2.33. The smallest absolute Gasteiger partial charge is 0.253 e. The van der Waals surface area contributed by atoms with Crippen LogP contribution in [0.15, 0.2) is 12.1 Å². The Morgan fingerprint density at radius 3 is 2.74 bits per heavy atom. The van der Waals surface area contributed by atoms with Crippen molar-refractivity contribution in [1.82, 2.24) is 0 Å². The highest BCUT2D eigenvalue weighted by Gasteiger charge is 2.28. The molecule has 104 valence electrons. The first-order valence-electron chi connectivity index (χ1n) is 6.34. The Morgan fingerprint density at radius 1 is 1.42 bits per heavy atom. The Balaban J connectivity index is 2.38. The average Bonchev–Trinajstić information content (AvgIpc) is 2.42. The van der Waals surface area contributed by atoms with Gasteiger partial charge in [0.15, 0.2) is 0 Å². The van der Waals surface area contributed by atoms with Crippen molar-refractivity contribution in [1.29, 1.82) is 0 Å². The van der Waals surface area contributed by atoms with Crippen molar-refractivity contribution in [2.75, 3.05) is 31.7 Å². The van der Waals surface area contributed by atoms with E-state index in [1.54, 1.807) is 12.0 Å². The molecule has 19 heavy (non-hydrogen) atoms. The molecule has 5 heteroatoms. The summed E-state index contributed by atoms with van der Waals surface area (Å²) in [5.41, 5.74) is 8.67. The highest BCUT2D eigenvalue weighted by atomic mass is 16.5. The Labute approximate surface area is 113 Å². The summed E-state index contributed by atoms with van der Waals surface area (Å²) in [7, 11) is 1.61. The highest BCUT2D eigenvalue weighted by Crippen LogP contribution is 2.32. The number of hydrogen-bond donors (Lipinski definition) is 1. The summed E-state index contributed by atoms with van der Waals surface area (Å²) in [5, 5.41) is 0. The van der Waals surface area contributed by atoms with E-state index >= 15 is 0 Å². The third-order valence-electron chi connectivity index (χ3n) is 3.48. The van der Waals surface area contributed by atoms with E-state index in [-0.39, 0.29) is 18.6 Å². The number of carbonyl (C=O) groups excluding carboxylic acids is 1. The molecule has 1 saturated heterocycles. The number of benzene rings is 1. The van der Waals surface area contributed by atoms with Gasteiger partial charge in [0.2, 0.25) is 0 Å². The molecule has 5 nitrogen and oxygen atoms in total. The van der Waals surface area contributed by atoms with E-state index in [1.807, 2.05) is 26.0 Å². The lowest BCUT2D eigenvalue weighted by molar-refractivity contribution is -0.128. The van der Waals surface area contributed by atoms with Gasteiger partial charge in [-0.15, -0.1) is 0 Å². The molecule has 1 aliphatic rings. The molecule has 1 fully saturated rings. The zero-order valence-electron chi connectivity index (χ0n) is 11.6. The number of nitrogens with zero attached hydrogens (tertiary/aromatic N) is 1. The van der Waals surface area contributed by atoms with Gasteiger partial charge < -0.3 is 20.1 Å². The fourth-order valence-corrected chi connectivity index (χ4v) is 2.15. The minimum absolute atomic E-state index is 0.0637. The van der Waals surface area contributed by atoms with Crippen molar-refractivity contribution in [2.45, 2.75) is 20.0 Å². The third kappa shape index (κ3) is 2.72. The van der Waals surface area contributed by atoms with Gasteiger partial charge in [0, 0.05) is 6.54 Å². The number of amides is 1. The van der Waals surface area contributed by atoms with Gasteiger partial charge in [-0.2, -0.15) is 0 Å². The monoisotopic (exact) mass is 264 g/mol. The van der Waals surface area contributed by atoms with E-state index < -0.39 is 0 Å². The standard InChI is InChI=1S/C14H20N2O3/c1-9-4-12(13(18-3)5-10(9)2)16-7-11(6-15)19-8-14(16)17/h4-5,11H,6-8,15H2,1-3H3. The van der Waals surface area contributed by atoms with Crippen molar-refractivity contribution in [2.24, 2.45) is 5.73 Å². The van der Waals surface area contributed by atoms with Crippen molar-refractivity contribution in [3.63, 3.8) is 0 Å². The molecular formula is C14H20N2O3. The fraction of sp³-hybridized carbons (Fsp3) is 0.500.